The predicted octanol–water partition coefficient (Wildman–Crippen LogP) is 4.69. The summed E-state index contributed by atoms with van der Waals surface area (Å²) in [4.78, 5) is 29.8. The van der Waals surface area contributed by atoms with Crippen LogP contribution in [0.1, 0.15) is 22.7 Å². The van der Waals surface area contributed by atoms with Crippen LogP contribution in [0.4, 0.5) is 11.4 Å². The van der Waals surface area contributed by atoms with Gasteiger partial charge in [0, 0.05) is 31.0 Å². The number of benzene rings is 3. The van der Waals surface area contributed by atoms with Crippen LogP contribution in [0.2, 0.25) is 0 Å². The van der Waals surface area contributed by atoms with E-state index in [-0.39, 0.29) is 11.3 Å². The van der Waals surface area contributed by atoms with Crippen LogP contribution in [0.5, 0.6) is 0 Å². The predicted molar refractivity (Wildman–Crippen MR) is 123 cm³/mol. The molecule has 4 rings (SSSR count). The van der Waals surface area contributed by atoms with E-state index in [1.165, 1.54) is 4.90 Å². The van der Waals surface area contributed by atoms with Crippen molar-refractivity contribution in [1.82, 2.24) is 0 Å². The van der Waals surface area contributed by atoms with Gasteiger partial charge in [0.2, 0.25) is 0 Å². The largest absolute Gasteiger partial charge is 0.507 e. The minimum atomic E-state index is -0.716. The van der Waals surface area contributed by atoms with E-state index in [9.17, 15) is 14.7 Å². The molecule has 0 spiro atoms. The maximum Gasteiger partial charge on any atom is 0.300 e. The first kappa shape index (κ1) is 20.4. The van der Waals surface area contributed by atoms with E-state index in [0.717, 1.165) is 16.8 Å². The Morgan fingerprint density at radius 2 is 1.48 bits per heavy atom. The van der Waals surface area contributed by atoms with Gasteiger partial charge in [0.25, 0.3) is 11.7 Å². The number of aliphatic hydroxyl groups is 1. The summed E-state index contributed by atoms with van der Waals surface area (Å²) in [6.07, 6.45) is 0. The van der Waals surface area contributed by atoms with Gasteiger partial charge in [-0.15, -0.1) is 0 Å². The van der Waals surface area contributed by atoms with Gasteiger partial charge in [-0.25, -0.2) is 0 Å². The first-order chi connectivity index (χ1) is 14.9. The third kappa shape index (κ3) is 3.59. The molecule has 5 heteroatoms. The zero-order chi connectivity index (χ0) is 22.1. The molecular formula is C26H24N2O3. The first-order valence-corrected chi connectivity index (χ1v) is 10.1. The number of rotatable bonds is 4. The van der Waals surface area contributed by atoms with Crippen molar-refractivity contribution in [2.24, 2.45) is 0 Å². The molecule has 1 aliphatic heterocycles. The van der Waals surface area contributed by atoms with Crippen LogP contribution in [0.3, 0.4) is 0 Å². The maximum absolute atomic E-state index is 13.2. The van der Waals surface area contributed by atoms with Gasteiger partial charge in [-0.05, 0) is 42.3 Å². The number of hydrogen-bond acceptors (Lipinski definition) is 4. The van der Waals surface area contributed by atoms with Crippen molar-refractivity contribution < 1.29 is 14.7 Å². The van der Waals surface area contributed by atoms with Gasteiger partial charge >= 0.3 is 0 Å². The number of amides is 1. The fraction of sp³-hybridized carbons (Fsp3) is 0.154. The minimum Gasteiger partial charge on any atom is -0.507 e. The Morgan fingerprint density at radius 1 is 0.871 bits per heavy atom. The molecule has 0 aromatic heterocycles. The Morgan fingerprint density at radius 3 is 2.10 bits per heavy atom. The van der Waals surface area contributed by atoms with Crippen LogP contribution >= 0.6 is 0 Å². The van der Waals surface area contributed by atoms with E-state index in [2.05, 4.69) is 0 Å². The van der Waals surface area contributed by atoms with Gasteiger partial charge in [0.15, 0.2) is 0 Å². The van der Waals surface area contributed by atoms with Crippen LogP contribution in [-0.2, 0) is 9.59 Å². The molecule has 1 fully saturated rings. The molecule has 1 amide bonds. The van der Waals surface area contributed by atoms with E-state index in [1.54, 1.807) is 24.3 Å². The number of anilines is 2. The van der Waals surface area contributed by atoms with Crippen molar-refractivity contribution in [2.45, 2.75) is 13.0 Å². The molecule has 31 heavy (non-hydrogen) atoms. The topological polar surface area (TPSA) is 60.9 Å². The van der Waals surface area contributed by atoms with Gasteiger partial charge in [-0.3, -0.25) is 14.5 Å². The third-order valence-corrected chi connectivity index (χ3v) is 5.62. The van der Waals surface area contributed by atoms with Crippen LogP contribution < -0.4 is 9.80 Å². The monoisotopic (exact) mass is 412 g/mol. The summed E-state index contributed by atoms with van der Waals surface area (Å²) in [5, 5.41) is 11.1. The lowest BCUT2D eigenvalue weighted by Gasteiger charge is -2.27. The second-order valence-corrected chi connectivity index (χ2v) is 7.80. The molecule has 3 aromatic carbocycles. The van der Waals surface area contributed by atoms with E-state index >= 15 is 0 Å². The van der Waals surface area contributed by atoms with Crippen molar-refractivity contribution >= 4 is 28.8 Å². The SMILES string of the molecule is Cc1ccccc1C1/C(=C(\O)c2ccccc2)C(=O)C(=O)N1c1ccc(N(C)C)cc1. The molecule has 1 saturated heterocycles. The molecule has 0 radical (unpaired) electrons. The molecule has 1 unspecified atom stereocenters. The van der Waals surface area contributed by atoms with Gasteiger partial charge in [0.1, 0.15) is 5.76 Å². The van der Waals surface area contributed by atoms with Crippen LogP contribution in [0, 0.1) is 6.92 Å². The molecule has 1 aliphatic rings. The highest BCUT2D eigenvalue weighted by molar-refractivity contribution is 6.51. The van der Waals surface area contributed by atoms with Crippen molar-refractivity contribution in [3.8, 4) is 0 Å². The normalized spacial score (nSPS) is 17.8. The van der Waals surface area contributed by atoms with Crippen LogP contribution in [0.25, 0.3) is 5.76 Å². The lowest BCUT2D eigenvalue weighted by atomic mass is 9.92. The summed E-state index contributed by atoms with van der Waals surface area (Å²) in [5.74, 6) is -1.51. The highest BCUT2D eigenvalue weighted by Gasteiger charge is 2.47. The van der Waals surface area contributed by atoms with E-state index in [0.29, 0.717) is 11.3 Å². The summed E-state index contributed by atoms with van der Waals surface area (Å²) < 4.78 is 0. The Labute approximate surface area is 181 Å². The summed E-state index contributed by atoms with van der Waals surface area (Å²) >= 11 is 0. The number of carbonyl (C=O) groups excluding carboxylic acids is 2. The second kappa shape index (κ2) is 8.11. The molecule has 3 aromatic rings. The second-order valence-electron chi connectivity index (χ2n) is 7.80. The van der Waals surface area contributed by atoms with Crippen LogP contribution in [0.15, 0.2) is 84.4 Å². The first-order valence-electron chi connectivity index (χ1n) is 10.1. The number of Topliss-reactive ketones (excluding diaryl/α,β-unsaturated/α-hetero) is 1. The zero-order valence-corrected chi connectivity index (χ0v) is 17.7. The van der Waals surface area contributed by atoms with Crippen molar-refractivity contribution in [3.05, 3.63) is 101 Å². The summed E-state index contributed by atoms with van der Waals surface area (Å²) in [6, 6.07) is 23.2. The van der Waals surface area contributed by atoms with Gasteiger partial charge in [-0.2, -0.15) is 0 Å². The number of carbonyl (C=O) groups is 2. The Bertz CT molecular complexity index is 1160. The standard InChI is InChI=1S/C26H24N2O3/c1-17-9-7-8-12-21(17)23-22(24(29)18-10-5-4-6-11-18)25(30)26(31)28(23)20-15-13-19(14-16-20)27(2)3/h4-16,23,29H,1-3H3/b24-22+. The molecular weight excluding hydrogens is 388 g/mol. The summed E-state index contributed by atoms with van der Waals surface area (Å²) in [5.41, 5.74) is 3.92. The van der Waals surface area contributed by atoms with Crippen LogP contribution in [-0.4, -0.2) is 30.9 Å². The average molecular weight is 412 g/mol. The Kier molecular flexibility index (Phi) is 5.34. The lowest BCUT2D eigenvalue weighted by molar-refractivity contribution is -0.132. The molecule has 1 N–H and O–H groups in total. The molecule has 0 aliphatic carbocycles. The number of aliphatic hydroxyl groups excluding tert-OH is 1. The number of hydrogen-bond donors (Lipinski definition) is 1. The molecule has 0 saturated carbocycles. The van der Waals surface area contributed by atoms with E-state index in [4.69, 9.17) is 0 Å². The molecule has 156 valence electrons. The Balaban J connectivity index is 1.93. The number of ketones is 1. The molecule has 1 atom stereocenters. The summed E-state index contributed by atoms with van der Waals surface area (Å²) in [6.45, 7) is 1.94. The van der Waals surface area contributed by atoms with Crippen molar-refractivity contribution in [2.75, 3.05) is 23.9 Å². The molecule has 0 bridgehead atoms. The van der Waals surface area contributed by atoms with E-state index in [1.807, 2.05) is 80.5 Å². The Hall–Kier alpha value is -3.86. The van der Waals surface area contributed by atoms with E-state index < -0.39 is 17.7 Å². The van der Waals surface area contributed by atoms with Crippen molar-refractivity contribution in [1.29, 1.82) is 0 Å². The van der Waals surface area contributed by atoms with Gasteiger partial charge < -0.3 is 10.0 Å². The minimum absolute atomic E-state index is 0.0992. The highest BCUT2D eigenvalue weighted by Crippen LogP contribution is 2.43. The van der Waals surface area contributed by atoms with Gasteiger partial charge in [-0.1, -0.05) is 54.6 Å². The maximum atomic E-state index is 13.2. The van der Waals surface area contributed by atoms with Crippen molar-refractivity contribution in [3.63, 3.8) is 0 Å². The fourth-order valence-electron chi connectivity index (χ4n) is 3.95. The van der Waals surface area contributed by atoms with Gasteiger partial charge in [0.05, 0.1) is 11.6 Å². The zero-order valence-electron chi connectivity index (χ0n) is 17.7. The number of aryl methyl sites for hydroxylation is 1. The molecule has 1 heterocycles. The quantitative estimate of drug-likeness (QED) is 0.384. The lowest BCUT2D eigenvalue weighted by Crippen LogP contribution is -2.29. The number of nitrogens with zero attached hydrogens (tertiary/aromatic N) is 2. The average Bonchev–Trinajstić information content (AvgIpc) is 3.04. The third-order valence-electron chi connectivity index (χ3n) is 5.62. The smallest absolute Gasteiger partial charge is 0.300 e. The molecule has 5 nitrogen and oxygen atoms in total. The summed E-state index contributed by atoms with van der Waals surface area (Å²) in [7, 11) is 3.88. The highest BCUT2D eigenvalue weighted by atomic mass is 16.3. The fourth-order valence-corrected chi connectivity index (χ4v) is 3.95.